The van der Waals surface area contributed by atoms with E-state index >= 15 is 0 Å². The highest BCUT2D eigenvalue weighted by Crippen LogP contribution is 2.16. The molecule has 0 spiro atoms. The van der Waals surface area contributed by atoms with Crippen molar-refractivity contribution >= 4 is 23.7 Å². The second kappa shape index (κ2) is 11.7. The molecule has 2 aromatic carbocycles. The second-order valence-electron chi connectivity index (χ2n) is 7.10. The van der Waals surface area contributed by atoms with Crippen LogP contribution < -0.4 is 15.4 Å². The lowest BCUT2D eigenvalue weighted by atomic mass is 10.1. The van der Waals surface area contributed by atoms with Crippen LogP contribution in [0.15, 0.2) is 60.2 Å². The van der Waals surface area contributed by atoms with E-state index in [0.717, 1.165) is 24.0 Å². The maximum absolute atomic E-state index is 12.5. The quantitative estimate of drug-likeness (QED) is 0.387. The zero-order chi connectivity index (χ0) is 22.8. The Morgan fingerprint density at radius 3 is 2.53 bits per heavy atom. The Bertz CT molecular complexity index is 976. The van der Waals surface area contributed by atoms with Gasteiger partial charge in [-0.3, -0.25) is 9.59 Å². The van der Waals surface area contributed by atoms with E-state index in [1.165, 1.54) is 12.1 Å². The Balaban J connectivity index is 1.53. The van der Waals surface area contributed by atoms with Gasteiger partial charge in [0.25, 0.3) is 5.91 Å². The van der Waals surface area contributed by atoms with Crippen LogP contribution in [0, 0.1) is 0 Å². The molecule has 1 heterocycles. The molecule has 2 N–H and O–H groups in total. The van der Waals surface area contributed by atoms with Gasteiger partial charge in [0.05, 0.1) is 19.8 Å². The van der Waals surface area contributed by atoms with Gasteiger partial charge in [0.1, 0.15) is 5.75 Å². The first-order valence-electron chi connectivity index (χ1n) is 10.4. The van der Waals surface area contributed by atoms with Crippen molar-refractivity contribution in [3.63, 3.8) is 0 Å². The number of anilines is 1. The first-order valence-corrected chi connectivity index (χ1v) is 10.4. The summed E-state index contributed by atoms with van der Waals surface area (Å²) in [4.78, 5) is 36.0. The third kappa shape index (κ3) is 7.24. The van der Waals surface area contributed by atoms with Crippen LogP contribution in [-0.2, 0) is 20.8 Å². The fraction of sp³-hybridized carbons (Fsp3) is 0.292. The van der Waals surface area contributed by atoms with E-state index < -0.39 is 6.16 Å². The van der Waals surface area contributed by atoms with Crippen LogP contribution in [0.3, 0.4) is 0 Å². The predicted octanol–water partition coefficient (Wildman–Crippen LogP) is 3.83. The molecule has 0 aliphatic carbocycles. The standard InChI is InChI=1S/C24H26N2O6/c1-2-31-24(29)32-21-8-6-19(7-9-21)23(28)26-20-5-3-4-18(14-20)16-25-22(27)15-17-10-12-30-13-11-17/h3-9,14-15H,2,10-13,16H2,1H3,(H,25,27)(H,26,28). The molecular weight excluding hydrogens is 412 g/mol. The molecule has 1 aliphatic rings. The molecule has 168 valence electrons. The van der Waals surface area contributed by atoms with Crippen molar-refractivity contribution in [2.45, 2.75) is 26.3 Å². The third-order valence-corrected chi connectivity index (χ3v) is 4.70. The van der Waals surface area contributed by atoms with E-state index in [1.807, 2.05) is 12.1 Å². The lowest BCUT2D eigenvalue weighted by Crippen LogP contribution is -2.22. The summed E-state index contributed by atoms with van der Waals surface area (Å²) in [5, 5.41) is 5.69. The van der Waals surface area contributed by atoms with Gasteiger partial charge in [0.2, 0.25) is 5.91 Å². The number of ether oxygens (including phenoxy) is 3. The molecule has 1 fully saturated rings. The van der Waals surface area contributed by atoms with Crippen LogP contribution in [0.2, 0.25) is 0 Å². The number of carbonyl (C=O) groups excluding carboxylic acids is 3. The van der Waals surface area contributed by atoms with Crippen molar-refractivity contribution in [3.05, 3.63) is 71.3 Å². The molecule has 3 rings (SSSR count). The number of benzene rings is 2. The first kappa shape index (κ1) is 23.0. The summed E-state index contributed by atoms with van der Waals surface area (Å²) in [6.07, 6.45) is 2.41. The maximum Gasteiger partial charge on any atom is 0.513 e. The molecule has 0 unspecified atom stereocenters. The number of nitrogens with one attached hydrogen (secondary N) is 2. The van der Waals surface area contributed by atoms with Crippen LogP contribution in [0.1, 0.15) is 35.7 Å². The molecule has 1 saturated heterocycles. The van der Waals surface area contributed by atoms with Gasteiger partial charge in [0, 0.05) is 23.9 Å². The lowest BCUT2D eigenvalue weighted by molar-refractivity contribution is -0.116. The molecule has 2 aromatic rings. The van der Waals surface area contributed by atoms with E-state index in [1.54, 1.807) is 37.3 Å². The lowest BCUT2D eigenvalue weighted by Gasteiger charge is -2.14. The topological polar surface area (TPSA) is 103 Å². The smallest absolute Gasteiger partial charge is 0.434 e. The fourth-order valence-electron chi connectivity index (χ4n) is 3.08. The summed E-state index contributed by atoms with van der Waals surface area (Å²) in [5.74, 6) is -0.159. The molecule has 32 heavy (non-hydrogen) atoms. The predicted molar refractivity (Wildman–Crippen MR) is 118 cm³/mol. The summed E-state index contributed by atoms with van der Waals surface area (Å²) < 4.78 is 15.0. The number of hydrogen-bond acceptors (Lipinski definition) is 6. The van der Waals surface area contributed by atoms with Gasteiger partial charge in [-0.1, -0.05) is 17.7 Å². The highest BCUT2D eigenvalue weighted by Gasteiger charge is 2.10. The van der Waals surface area contributed by atoms with Crippen molar-refractivity contribution in [2.24, 2.45) is 0 Å². The Labute approximate surface area is 186 Å². The molecular formula is C24H26N2O6. The van der Waals surface area contributed by atoms with Gasteiger partial charge >= 0.3 is 6.16 Å². The molecule has 0 bridgehead atoms. The molecule has 0 atom stereocenters. The summed E-state index contributed by atoms with van der Waals surface area (Å²) in [7, 11) is 0. The van der Waals surface area contributed by atoms with Crippen molar-refractivity contribution < 1.29 is 28.6 Å². The van der Waals surface area contributed by atoms with Gasteiger partial charge in [0.15, 0.2) is 0 Å². The average molecular weight is 438 g/mol. The number of carbonyl (C=O) groups is 3. The molecule has 8 nitrogen and oxygen atoms in total. The minimum absolute atomic E-state index is 0.138. The number of rotatable bonds is 7. The van der Waals surface area contributed by atoms with Crippen LogP contribution in [0.4, 0.5) is 10.5 Å². The maximum atomic E-state index is 12.5. The average Bonchev–Trinajstić information content (AvgIpc) is 2.79. The Kier molecular flexibility index (Phi) is 8.39. The third-order valence-electron chi connectivity index (χ3n) is 4.70. The summed E-state index contributed by atoms with van der Waals surface area (Å²) in [6.45, 7) is 3.56. The molecule has 8 heteroatoms. The second-order valence-corrected chi connectivity index (χ2v) is 7.10. The number of amides is 2. The van der Waals surface area contributed by atoms with Gasteiger partial charge in [-0.15, -0.1) is 0 Å². The van der Waals surface area contributed by atoms with E-state index in [2.05, 4.69) is 10.6 Å². The van der Waals surface area contributed by atoms with E-state index in [4.69, 9.17) is 14.2 Å². The molecule has 0 saturated carbocycles. The van der Waals surface area contributed by atoms with Crippen molar-refractivity contribution in [1.29, 1.82) is 0 Å². The highest BCUT2D eigenvalue weighted by atomic mass is 16.7. The van der Waals surface area contributed by atoms with Crippen LogP contribution in [0.25, 0.3) is 0 Å². The van der Waals surface area contributed by atoms with E-state index in [9.17, 15) is 14.4 Å². The molecule has 0 aromatic heterocycles. The Hall–Kier alpha value is -3.65. The van der Waals surface area contributed by atoms with Crippen LogP contribution in [0.5, 0.6) is 5.75 Å². The van der Waals surface area contributed by atoms with Crippen molar-refractivity contribution in [1.82, 2.24) is 5.32 Å². The van der Waals surface area contributed by atoms with Crippen LogP contribution >= 0.6 is 0 Å². The Morgan fingerprint density at radius 1 is 1.06 bits per heavy atom. The van der Waals surface area contributed by atoms with Gasteiger partial charge in [-0.2, -0.15) is 0 Å². The highest BCUT2D eigenvalue weighted by molar-refractivity contribution is 6.04. The summed E-state index contributed by atoms with van der Waals surface area (Å²) >= 11 is 0. The first-order chi connectivity index (χ1) is 15.5. The van der Waals surface area contributed by atoms with Gasteiger partial charge in [-0.25, -0.2) is 4.79 Å². The zero-order valence-corrected chi connectivity index (χ0v) is 17.9. The van der Waals surface area contributed by atoms with E-state index in [0.29, 0.717) is 31.0 Å². The largest absolute Gasteiger partial charge is 0.513 e. The normalized spacial score (nSPS) is 13.1. The van der Waals surface area contributed by atoms with Crippen molar-refractivity contribution in [2.75, 3.05) is 25.1 Å². The minimum atomic E-state index is -0.794. The molecule has 2 amide bonds. The minimum Gasteiger partial charge on any atom is -0.434 e. The van der Waals surface area contributed by atoms with Gasteiger partial charge < -0.3 is 24.8 Å². The van der Waals surface area contributed by atoms with Crippen molar-refractivity contribution in [3.8, 4) is 5.75 Å². The summed E-state index contributed by atoms with van der Waals surface area (Å²) in [5.41, 5.74) is 2.97. The number of hydrogen-bond donors (Lipinski definition) is 2. The Morgan fingerprint density at radius 2 is 1.81 bits per heavy atom. The van der Waals surface area contributed by atoms with E-state index in [-0.39, 0.29) is 24.2 Å². The SMILES string of the molecule is CCOC(=O)Oc1ccc(C(=O)Nc2cccc(CNC(=O)C=C3CCOCC3)c2)cc1. The zero-order valence-electron chi connectivity index (χ0n) is 17.9. The van der Waals surface area contributed by atoms with Crippen LogP contribution in [-0.4, -0.2) is 37.8 Å². The fourth-order valence-corrected chi connectivity index (χ4v) is 3.08. The van der Waals surface area contributed by atoms with Gasteiger partial charge in [-0.05, 0) is 61.7 Å². The summed E-state index contributed by atoms with van der Waals surface area (Å²) in [6, 6.07) is 13.4. The molecule has 1 aliphatic heterocycles. The monoisotopic (exact) mass is 438 g/mol. The molecule has 0 radical (unpaired) electrons.